The van der Waals surface area contributed by atoms with Crippen molar-refractivity contribution < 1.29 is 9.32 Å². The Balaban J connectivity index is 1.32. The number of urea groups is 1. The summed E-state index contributed by atoms with van der Waals surface area (Å²) in [4.78, 5) is 23.1. The minimum Gasteiger partial charge on any atom is -0.357 e. The van der Waals surface area contributed by atoms with Crippen LogP contribution in [0, 0.1) is 0 Å². The van der Waals surface area contributed by atoms with Crippen molar-refractivity contribution in [2.24, 2.45) is 0 Å². The predicted octanol–water partition coefficient (Wildman–Crippen LogP) is 3.01. The topological polar surface area (TPSA) is 96.2 Å². The second kappa shape index (κ2) is 10.1. The van der Waals surface area contributed by atoms with Crippen LogP contribution in [0.3, 0.4) is 0 Å². The fourth-order valence-corrected chi connectivity index (χ4v) is 3.12. The van der Waals surface area contributed by atoms with Gasteiger partial charge in [0, 0.05) is 44.7 Å². The molecule has 2 amide bonds. The van der Waals surface area contributed by atoms with Crippen LogP contribution in [-0.2, 0) is 13.0 Å². The van der Waals surface area contributed by atoms with Gasteiger partial charge in [0.1, 0.15) is 5.82 Å². The molecule has 1 fully saturated rings. The first-order chi connectivity index (χ1) is 13.6. The molecule has 0 atom stereocenters. The summed E-state index contributed by atoms with van der Waals surface area (Å²) >= 11 is 0. The van der Waals surface area contributed by atoms with Gasteiger partial charge in [-0.2, -0.15) is 4.98 Å². The van der Waals surface area contributed by atoms with Crippen LogP contribution in [0.15, 0.2) is 22.9 Å². The second-order valence-electron chi connectivity index (χ2n) is 7.49. The molecule has 152 valence electrons. The van der Waals surface area contributed by atoms with Gasteiger partial charge in [0.05, 0.1) is 0 Å². The van der Waals surface area contributed by atoms with Crippen LogP contribution >= 0.6 is 0 Å². The van der Waals surface area contributed by atoms with Crippen molar-refractivity contribution >= 4 is 11.8 Å². The molecule has 8 heteroatoms. The predicted molar refractivity (Wildman–Crippen MR) is 107 cm³/mol. The number of pyridine rings is 1. The zero-order valence-corrected chi connectivity index (χ0v) is 16.8. The Bertz CT molecular complexity index is 737. The molecule has 3 rings (SSSR count). The van der Waals surface area contributed by atoms with Gasteiger partial charge >= 0.3 is 6.03 Å². The van der Waals surface area contributed by atoms with E-state index in [0.717, 1.165) is 36.7 Å². The normalized spacial score (nSPS) is 14.3. The van der Waals surface area contributed by atoms with Gasteiger partial charge in [-0.25, -0.2) is 9.78 Å². The summed E-state index contributed by atoms with van der Waals surface area (Å²) in [6, 6.07) is 3.88. The molecule has 1 aliphatic rings. The van der Waals surface area contributed by atoms with Crippen LogP contribution in [0.1, 0.15) is 62.7 Å². The quantitative estimate of drug-likeness (QED) is 0.677. The Kier molecular flexibility index (Phi) is 7.22. The van der Waals surface area contributed by atoms with Crippen molar-refractivity contribution in [3.8, 4) is 0 Å². The smallest absolute Gasteiger partial charge is 0.315 e. The monoisotopic (exact) mass is 386 g/mol. The lowest BCUT2D eigenvalue weighted by Crippen LogP contribution is -2.35. The fourth-order valence-electron chi connectivity index (χ4n) is 3.12. The lowest BCUT2D eigenvalue weighted by molar-refractivity contribution is 0.240. The number of hydrogen-bond acceptors (Lipinski definition) is 6. The lowest BCUT2D eigenvalue weighted by Gasteiger charge is -2.27. The van der Waals surface area contributed by atoms with E-state index < -0.39 is 0 Å². The number of amides is 2. The van der Waals surface area contributed by atoms with Gasteiger partial charge in [-0.15, -0.1) is 0 Å². The number of carbonyl (C=O) groups excluding carboxylic acids is 1. The zero-order chi connectivity index (χ0) is 19.8. The van der Waals surface area contributed by atoms with Gasteiger partial charge in [0.2, 0.25) is 5.89 Å². The van der Waals surface area contributed by atoms with E-state index in [0.29, 0.717) is 25.4 Å². The lowest BCUT2D eigenvalue weighted by atomic mass is 10.1. The van der Waals surface area contributed by atoms with Crippen molar-refractivity contribution in [1.82, 2.24) is 25.8 Å². The molecule has 1 saturated heterocycles. The Morgan fingerprint density at radius 3 is 2.71 bits per heavy atom. The van der Waals surface area contributed by atoms with E-state index in [9.17, 15) is 4.79 Å². The number of aryl methyl sites for hydroxylation is 1. The third kappa shape index (κ3) is 5.94. The number of aromatic nitrogens is 3. The Morgan fingerprint density at radius 1 is 1.21 bits per heavy atom. The van der Waals surface area contributed by atoms with Gasteiger partial charge in [0.25, 0.3) is 0 Å². The molecular formula is C20H30N6O2. The number of carbonyl (C=O) groups is 1. The van der Waals surface area contributed by atoms with E-state index in [4.69, 9.17) is 4.52 Å². The third-order valence-electron chi connectivity index (χ3n) is 4.80. The standard InChI is InChI=1S/C20H30N6O2/c1-15(2)19-24-18(28-25-19)7-6-10-21-20(27)23-14-16-8-9-17(22-13-16)26-11-4-3-5-12-26/h8-9,13,15H,3-7,10-12,14H2,1-2H3,(H2,21,23,27). The maximum Gasteiger partial charge on any atom is 0.315 e. The van der Waals surface area contributed by atoms with Crippen LogP contribution in [0.25, 0.3) is 0 Å². The summed E-state index contributed by atoms with van der Waals surface area (Å²) in [6.07, 6.45) is 7.02. The van der Waals surface area contributed by atoms with Crippen molar-refractivity contribution in [1.29, 1.82) is 0 Å². The molecule has 8 nitrogen and oxygen atoms in total. The summed E-state index contributed by atoms with van der Waals surface area (Å²) in [6.45, 7) is 7.22. The molecule has 28 heavy (non-hydrogen) atoms. The first-order valence-electron chi connectivity index (χ1n) is 10.2. The van der Waals surface area contributed by atoms with E-state index in [-0.39, 0.29) is 11.9 Å². The molecule has 0 bridgehead atoms. The maximum atomic E-state index is 11.9. The SMILES string of the molecule is CC(C)c1noc(CCCNC(=O)NCc2ccc(N3CCCCC3)nc2)n1. The third-order valence-corrected chi connectivity index (χ3v) is 4.80. The highest BCUT2D eigenvalue weighted by Gasteiger charge is 2.12. The summed E-state index contributed by atoms with van der Waals surface area (Å²) in [5.41, 5.74) is 0.989. The Morgan fingerprint density at radius 2 is 2.04 bits per heavy atom. The van der Waals surface area contributed by atoms with E-state index in [1.165, 1.54) is 19.3 Å². The molecule has 0 aliphatic carbocycles. The number of hydrogen-bond donors (Lipinski definition) is 2. The van der Waals surface area contributed by atoms with Gasteiger partial charge < -0.3 is 20.1 Å². The Labute approximate surface area is 166 Å². The van der Waals surface area contributed by atoms with Crippen LogP contribution < -0.4 is 15.5 Å². The number of nitrogens with one attached hydrogen (secondary N) is 2. The van der Waals surface area contributed by atoms with Gasteiger partial charge in [-0.1, -0.05) is 25.1 Å². The highest BCUT2D eigenvalue weighted by Crippen LogP contribution is 2.17. The summed E-state index contributed by atoms with van der Waals surface area (Å²) in [7, 11) is 0. The Hall–Kier alpha value is -2.64. The van der Waals surface area contributed by atoms with Crippen molar-refractivity contribution in [3.63, 3.8) is 0 Å². The summed E-state index contributed by atoms with van der Waals surface area (Å²) < 4.78 is 5.19. The minimum absolute atomic E-state index is 0.187. The van der Waals surface area contributed by atoms with Crippen LogP contribution in [-0.4, -0.2) is 40.8 Å². The van der Waals surface area contributed by atoms with E-state index >= 15 is 0 Å². The number of piperidine rings is 1. The summed E-state index contributed by atoms with van der Waals surface area (Å²) in [5, 5.41) is 9.64. The van der Waals surface area contributed by atoms with Crippen LogP contribution in [0.2, 0.25) is 0 Å². The van der Waals surface area contributed by atoms with Gasteiger partial charge in [-0.05, 0) is 37.3 Å². The number of anilines is 1. The van der Waals surface area contributed by atoms with Crippen molar-refractivity contribution in [3.05, 3.63) is 35.6 Å². The van der Waals surface area contributed by atoms with Gasteiger partial charge in [-0.3, -0.25) is 0 Å². The van der Waals surface area contributed by atoms with Crippen LogP contribution in [0.5, 0.6) is 0 Å². The average molecular weight is 387 g/mol. The van der Waals surface area contributed by atoms with Crippen LogP contribution in [0.4, 0.5) is 10.6 Å². The molecule has 2 aromatic rings. The molecule has 0 saturated carbocycles. The fraction of sp³-hybridized carbons (Fsp3) is 0.600. The van der Waals surface area contributed by atoms with Gasteiger partial charge in [0.15, 0.2) is 5.82 Å². The van der Waals surface area contributed by atoms with E-state index in [1.807, 2.05) is 32.2 Å². The highest BCUT2D eigenvalue weighted by atomic mass is 16.5. The highest BCUT2D eigenvalue weighted by molar-refractivity contribution is 5.73. The largest absolute Gasteiger partial charge is 0.357 e. The second-order valence-corrected chi connectivity index (χ2v) is 7.49. The molecule has 3 heterocycles. The number of nitrogens with zero attached hydrogens (tertiary/aromatic N) is 4. The van der Waals surface area contributed by atoms with Crippen molar-refractivity contribution in [2.45, 2.75) is 58.4 Å². The molecule has 0 spiro atoms. The molecule has 2 N–H and O–H groups in total. The zero-order valence-electron chi connectivity index (χ0n) is 16.8. The molecular weight excluding hydrogens is 356 g/mol. The molecule has 0 unspecified atom stereocenters. The molecule has 1 aliphatic heterocycles. The first-order valence-corrected chi connectivity index (χ1v) is 10.2. The number of rotatable bonds is 8. The molecule has 2 aromatic heterocycles. The van der Waals surface area contributed by atoms with E-state index in [2.05, 4.69) is 30.7 Å². The molecule has 0 aromatic carbocycles. The van der Waals surface area contributed by atoms with Crippen molar-refractivity contribution in [2.75, 3.05) is 24.5 Å². The first kappa shape index (κ1) is 20.1. The average Bonchev–Trinajstić information content (AvgIpc) is 3.20. The van der Waals surface area contributed by atoms with E-state index in [1.54, 1.807) is 0 Å². The maximum absolute atomic E-state index is 11.9. The minimum atomic E-state index is -0.187. The molecule has 0 radical (unpaired) electrons. The summed E-state index contributed by atoms with van der Waals surface area (Å²) in [5.74, 6) is 2.62.